The topological polar surface area (TPSA) is 58.8 Å². The molecular formula is C19H23N3O3. The van der Waals surface area contributed by atoms with E-state index in [1.165, 1.54) is 23.4 Å². The summed E-state index contributed by atoms with van der Waals surface area (Å²) in [5, 5.41) is 10.8. The van der Waals surface area contributed by atoms with E-state index in [0.717, 1.165) is 32.7 Å². The van der Waals surface area contributed by atoms with Gasteiger partial charge in [0.25, 0.3) is 5.69 Å². The van der Waals surface area contributed by atoms with Crippen LogP contribution in [-0.2, 0) is 0 Å². The first-order valence-electron chi connectivity index (χ1n) is 8.54. The molecule has 0 bridgehead atoms. The molecule has 0 spiro atoms. The van der Waals surface area contributed by atoms with Gasteiger partial charge in [-0.1, -0.05) is 24.3 Å². The normalized spacial score (nSPS) is 15.2. The SMILES string of the molecule is Cc1ccccc1N1CCN(CCOc2cccc([N+](=O)[O-])c2)CC1. The molecule has 2 aromatic carbocycles. The molecular weight excluding hydrogens is 318 g/mol. The Balaban J connectivity index is 1.45. The third-order valence-corrected chi connectivity index (χ3v) is 4.53. The van der Waals surface area contributed by atoms with E-state index in [0.29, 0.717) is 12.4 Å². The Labute approximate surface area is 147 Å². The molecule has 3 rings (SSSR count). The molecule has 2 aromatic rings. The molecule has 6 heteroatoms. The lowest BCUT2D eigenvalue weighted by atomic mass is 10.1. The van der Waals surface area contributed by atoms with Crippen LogP contribution in [0.2, 0.25) is 0 Å². The van der Waals surface area contributed by atoms with E-state index < -0.39 is 4.92 Å². The Morgan fingerprint density at radius 2 is 1.84 bits per heavy atom. The molecule has 0 aliphatic carbocycles. The fourth-order valence-electron chi connectivity index (χ4n) is 3.11. The molecule has 0 saturated carbocycles. The summed E-state index contributed by atoms with van der Waals surface area (Å²) in [6.07, 6.45) is 0. The van der Waals surface area contributed by atoms with E-state index in [1.807, 2.05) is 0 Å². The number of anilines is 1. The van der Waals surface area contributed by atoms with Gasteiger partial charge in [0.1, 0.15) is 12.4 Å². The van der Waals surface area contributed by atoms with E-state index >= 15 is 0 Å². The van der Waals surface area contributed by atoms with Crippen LogP contribution in [0.4, 0.5) is 11.4 Å². The Bertz CT molecular complexity index is 727. The summed E-state index contributed by atoms with van der Waals surface area (Å²) in [5.41, 5.74) is 2.68. The van der Waals surface area contributed by atoms with Gasteiger partial charge in [-0.05, 0) is 24.6 Å². The van der Waals surface area contributed by atoms with Crippen LogP contribution >= 0.6 is 0 Å². The predicted molar refractivity (Wildman–Crippen MR) is 98.4 cm³/mol. The average Bonchev–Trinajstić information content (AvgIpc) is 2.63. The minimum atomic E-state index is -0.405. The van der Waals surface area contributed by atoms with Crippen molar-refractivity contribution in [3.8, 4) is 5.75 Å². The Morgan fingerprint density at radius 1 is 1.08 bits per heavy atom. The molecule has 132 valence electrons. The molecule has 0 unspecified atom stereocenters. The van der Waals surface area contributed by atoms with Crippen LogP contribution in [0, 0.1) is 17.0 Å². The van der Waals surface area contributed by atoms with Crippen molar-refractivity contribution >= 4 is 11.4 Å². The van der Waals surface area contributed by atoms with Gasteiger partial charge in [-0.15, -0.1) is 0 Å². The highest BCUT2D eigenvalue weighted by molar-refractivity contribution is 5.53. The van der Waals surface area contributed by atoms with Crippen molar-refractivity contribution in [1.82, 2.24) is 4.90 Å². The molecule has 6 nitrogen and oxygen atoms in total. The van der Waals surface area contributed by atoms with Crippen LogP contribution in [0.15, 0.2) is 48.5 Å². The first-order chi connectivity index (χ1) is 12.1. The minimum Gasteiger partial charge on any atom is -0.492 e. The molecule has 1 aliphatic rings. The number of hydrogen-bond donors (Lipinski definition) is 0. The molecule has 0 atom stereocenters. The van der Waals surface area contributed by atoms with Crippen LogP contribution < -0.4 is 9.64 Å². The zero-order chi connectivity index (χ0) is 17.6. The summed E-state index contributed by atoms with van der Waals surface area (Å²) in [4.78, 5) is 15.2. The van der Waals surface area contributed by atoms with Gasteiger partial charge >= 0.3 is 0 Å². The van der Waals surface area contributed by atoms with E-state index in [9.17, 15) is 10.1 Å². The third kappa shape index (κ3) is 4.48. The highest BCUT2D eigenvalue weighted by atomic mass is 16.6. The summed E-state index contributed by atoms with van der Waals surface area (Å²) in [5.74, 6) is 0.549. The van der Waals surface area contributed by atoms with Crippen molar-refractivity contribution in [3.63, 3.8) is 0 Å². The van der Waals surface area contributed by atoms with Crippen LogP contribution in [-0.4, -0.2) is 49.2 Å². The molecule has 0 radical (unpaired) electrons. The quantitative estimate of drug-likeness (QED) is 0.597. The average molecular weight is 341 g/mol. The van der Waals surface area contributed by atoms with Crippen LogP contribution in [0.25, 0.3) is 0 Å². The largest absolute Gasteiger partial charge is 0.492 e. The summed E-state index contributed by atoms with van der Waals surface area (Å²) in [6.45, 7) is 7.49. The van der Waals surface area contributed by atoms with E-state index in [4.69, 9.17) is 4.74 Å². The molecule has 0 aromatic heterocycles. The molecule has 1 aliphatic heterocycles. The maximum Gasteiger partial charge on any atom is 0.273 e. The molecule has 1 saturated heterocycles. The van der Waals surface area contributed by atoms with Crippen molar-refractivity contribution in [2.24, 2.45) is 0 Å². The lowest BCUT2D eigenvalue weighted by Crippen LogP contribution is -2.47. The second kappa shape index (κ2) is 7.98. The van der Waals surface area contributed by atoms with Gasteiger partial charge < -0.3 is 9.64 Å². The maximum atomic E-state index is 10.8. The monoisotopic (exact) mass is 341 g/mol. The number of piperazine rings is 1. The van der Waals surface area contributed by atoms with Crippen LogP contribution in [0.5, 0.6) is 5.75 Å². The third-order valence-electron chi connectivity index (χ3n) is 4.53. The van der Waals surface area contributed by atoms with Gasteiger partial charge in [0.15, 0.2) is 0 Å². The molecule has 0 N–H and O–H groups in total. The van der Waals surface area contributed by atoms with Gasteiger partial charge in [-0.2, -0.15) is 0 Å². The predicted octanol–water partition coefficient (Wildman–Crippen LogP) is 3.10. The summed E-state index contributed by atoms with van der Waals surface area (Å²) in [6, 6.07) is 14.8. The second-order valence-electron chi connectivity index (χ2n) is 6.22. The lowest BCUT2D eigenvalue weighted by molar-refractivity contribution is -0.384. The van der Waals surface area contributed by atoms with Crippen molar-refractivity contribution in [3.05, 3.63) is 64.2 Å². The number of nitrogens with zero attached hydrogens (tertiary/aromatic N) is 3. The zero-order valence-corrected chi connectivity index (χ0v) is 14.4. The zero-order valence-electron chi connectivity index (χ0n) is 14.4. The van der Waals surface area contributed by atoms with E-state index in [2.05, 4.69) is 41.0 Å². The number of ether oxygens (including phenoxy) is 1. The van der Waals surface area contributed by atoms with Crippen molar-refractivity contribution < 1.29 is 9.66 Å². The van der Waals surface area contributed by atoms with Crippen molar-refractivity contribution in [2.75, 3.05) is 44.2 Å². The van der Waals surface area contributed by atoms with Crippen LogP contribution in [0.3, 0.4) is 0 Å². The lowest BCUT2D eigenvalue weighted by Gasteiger charge is -2.36. The van der Waals surface area contributed by atoms with Crippen molar-refractivity contribution in [1.29, 1.82) is 0 Å². The summed E-state index contributed by atoms with van der Waals surface area (Å²) < 4.78 is 5.67. The molecule has 0 amide bonds. The number of para-hydroxylation sites is 1. The highest BCUT2D eigenvalue weighted by Crippen LogP contribution is 2.21. The number of rotatable bonds is 6. The number of aryl methyl sites for hydroxylation is 1. The van der Waals surface area contributed by atoms with Crippen molar-refractivity contribution in [2.45, 2.75) is 6.92 Å². The Morgan fingerprint density at radius 3 is 2.56 bits per heavy atom. The molecule has 1 heterocycles. The number of nitro benzene ring substituents is 1. The first-order valence-corrected chi connectivity index (χ1v) is 8.54. The number of non-ortho nitro benzene ring substituents is 1. The fourth-order valence-corrected chi connectivity index (χ4v) is 3.11. The molecule has 1 fully saturated rings. The number of benzene rings is 2. The highest BCUT2D eigenvalue weighted by Gasteiger charge is 2.18. The summed E-state index contributed by atoms with van der Waals surface area (Å²) in [7, 11) is 0. The van der Waals surface area contributed by atoms with E-state index in [1.54, 1.807) is 12.1 Å². The fraction of sp³-hybridized carbons (Fsp3) is 0.368. The van der Waals surface area contributed by atoms with Gasteiger partial charge in [0, 0.05) is 44.5 Å². The van der Waals surface area contributed by atoms with Gasteiger partial charge in [0.2, 0.25) is 0 Å². The Hall–Kier alpha value is -2.60. The maximum absolute atomic E-state index is 10.8. The number of hydrogen-bond acceptors (Lipinski definition) is 5. The summed E-state index contributed by atoms with van der Waals surface area (Å²) >= 11 is 0. The smallest absolute Gasteiger partial charge is 0.273 e. The second-order valence-corrected chi connectivity index (χ2v) is 6.22. The van der Waals surface area contributed by atoms with E-state index in [-0.39, 0.29) is 5.69 Å². The Kier molecular flexibility index (Phi) is 5.50. The van der Waals surface area contributed by atoms with Gasteiger partial charge in [-0.3, -0.25) is 15.0 Å². The van der Waals surface area contributed by atoms with Gasteiger partial charge in [0.05, 0.1) is 11.0 Å². The van der Waals surface area contributed by atoms with Crippen LogP contribution in [0.1, 0.15) is 5.56 Å². The van der Waals surface area contributed by atoms with Gasteiger partial charge in [-0.25, -0.2) is 0 Å². The minimum absolute atomic E-state index is 0.0596. The number of nitro groups is 1. The first kappa shape index (κ1) is 17.2. The molecule has 25 heavy (non-hydrogen) atoms. The standard InChI is InChI=1S/C19H23N3O3/c1-16-5-2-3-8-19(16)21-11-9-20(10-12-21)13-14-25-18-7-4-6-17(15-18)22(23)24/h2-8,15H,9-14H2,1H3.